The van der Waals surface area contributed by atoms with Crippen LogP contribution in [0.5, 0.6) is 11.5 Å². The van der Waals surface area contributed by atoms with Gasteiger partial charge in [-0.3, -0.25) is 4.90 Å². The van der Waals surface area contributed by atoms with Crippen molar-refractivity contribution in [2.75, 3.05) is 44.3 Å². The fourth-order valence-corrected chi connectivity index (χ4v) is 7.31. The Morgan fingerprint density at radius 3 is 2.00 bits per heavy atom. The zero-order valence-electron chi connectivity index (χ0n) is 24.4. The molecule has 1 aromatic heterocycles. The minimum atomic E-state index is -4.06. The van der Waals surface area contributed by atoms with Crippen LogP contribution < -0.4 is 14.4 Å². The molecule has 0 spiro atoms. The van der Waals surface area contributed by atoms with Crippen molar-refractivity contribution in [2.24, 2.45) is 0 Å². The molecule has 3 heterocycles. The summed E-state index contributed by atoms with van der Waals surface area (Å²) < 4.78 is 46.1. The summed E-state index contributed by atoms with van der Waals surface area (Å²) in [7, 11) is -4.06. The molecule has 5 aromatic rings. The molecule has 0 radical (unpaired) electrons. The van der Waals surface area contributed by atoms with Crippen LogP contribution in [0.4, 0.5) is 5.88 Å². The molecular formula is C35H33N3O5S. The summed E-state index contributed by atoms with van der Waals surface area (Å²) in [6.07, 6.45) is 0. The van der Waals surface area contributed by atoms with E-state index in [4.69, 9.17) is 13.9 Å². The Kier molecular flexibility index (Phi) is 7.57. The van der Waals surface area contributed by atoms with E-state index in [-0.39, 0.29) is 27.7 Å². The normalized spacial score (nSPS) is 15.5. The summed E-state index contributed by atoms with van der Waals surface area (Å²) in [5.41, 5.74) is 4.14. The Bertz CT molecular complexity index is 1830. The first-order valence-corrected chi connectivity index (χ1v) is 16.3. The van der Waals surface area contributed by atoms with Crippen LogP contribution in [0.25, 0.3) is 11.5 Å². The Labute approximate surface area is 257 Å². The number of oxazole rings is 1. The van der Waals surface area contributed by atoms with Crippen molar-refractivity contribution in [1.29, 1.82) is 0 Å². The number of hydrogen-bond acceptors (Lipinski definition) is 8. The number of sulfone groups is 1. The van der Waals surface area contributed by atoms with E-state index in [2.05, 4.69) is 58.4 Å². The van der Waals surface area contributed by atoms with Gasteiger partial charge in [-0.05, 0) is 41.8 Å². The molecule has 2 aliphatic rings. The van der Waals surface area contributed by atoms with E-state index < -0.39 is 9.84 Å². The van der Waals surface area contributed by atoms with E-state index in [1.165, 1.54) is 23.3 Å². The number of fused-ring (bicyclic) bond motifs is 1. The van der Waals surface area contributed by atoms with Crippen LogP contribution in [0, 0.1) is 6.92 Å². The summed E-state index contributed by atoms with van der Waals surface area (Å²) >= 11 is 0. The lowest BCUT2D eigenvalue weighted by molar-refractivity contribution is 0.171. The molecule has 0 aliphatic carbocycles. The maximum absolute atomic E-state index is 14.2. The van der Waals surface area contributed by atoms with E-state index in [1.807, 2.05) is 48.2 Å². The van der Waals surface area contributed by atoms with Gasteiger partial charge in [0.25, 0.3) is 0 Å². The first-order valence-electron chi connectivity index (χ1n) is 14.8. The molecule has 0 amide bonds. The van der Waals surface area contributed by atoms with E-state index >= 15 is 0 Å². The first kappa shape index (κ1) is 28.2. The van der Waals surface area contributed by atoms with Crippen molar-refractivity contribution < 1.29 is 22.3 Å². The summed E-state index contributed by atoms with van der Waals surface area (Å²) in [4.78, 5) is 9.17. The Balaban J connectivity index is 1.24. The van der Waals surface area contributed by atoms with Crippen LogP contribution in [-0.4, -0.2) is 57.7 Å². The van der Waals surface area contributed by atoms with E-state index in [0.29, 0.717) is 50.9 Å². The largest absolute Gasteiger partial charge is 0.486 e. The van der Waals surface area contributed by atoms with Gasteiger partial charge in [-0.15, -0.1) is 0 Å². The SMILES string of the molecule is Cc1ccccc1-c1nc(S(=O)(=O)c2ccc3c(c2)OCCO3)c(N2CCN(C(c3ccccc3)c3ccccc3)CC2)o1. The molecule has 8 nitrogen and oxygen atoms in total. The molecule has 0 bridgehead atoms. The van der Waals surface area contributed by atoms with Crippen LogP contribution in [0.1, 0.15) is 22.7 Å². The van der Waals surface area contributed by atoms with Gasteiger partial charge in [0.05, 0.1) is 10.9 Å². The number of ether oxygens (including phenoxy) is 2. The molecule has 4 aromatic carbocycles. The van der Waals surface area contributed by atoms with Crippen molar-refractivity contribution in [2.45, 2.75) is 22.9 Å². The number of nitrogens with zero attached hydrogens (tertiary/aromatic N) is 3. The predicted octanol–water partition coefficient (Wildman–Crippen LogP) is 6.17. The molecule has 44 heavy (non-hydrogen) atoms. The molecule has 0 N–H and O–H groups in total. The fourth-order valence-electron chi connectivity index (χ4n) is 5.97. The number of aromatic nitrogens is 1. The van der Waals surface area contributed by atoms with Crippen LogP contribution in [-0.2, 0) is 9.84 Å². The number of anilines is 1. The van der Waals surface area contributed by atoms with Gasteiger partial charge in [-0.2, -0.15) is 4.98 Å². The number of aryl methyl sites for hydroxylation is 1. The first-order chi connectivity index (χ1) is 21.5. The molecule has 1 saturated heterocycles. The molecule has 224 valence electrons. The highest BCUT2D eigenvalue weighted by atomic mass is 32.2. The van der Waals surface area contributed by atoms with E-state index in [9.17, 15) is 8.42 Å². The van der Waals surface area contributed by atoms with Gasteiger partial charge in [0.1, 0.15) is 13.2 Å². The molecule has 9 heteroatoms. The molecule has 0 unspecified atom stereocenters. The number of benzene rings is 4. The van der Waals surface area contributed by atoms with Crippen molar-refractivity contribution in [3.8, 4) is 23.0 Å². The molecule has 0 saturated carbocycles. The fraction of sp³-hybridized carbons (Fsp3) is 0.229. The zero-order valence-corrected chi connectivity index (χ0v) is 25.2. The summed E-state index contributed by atoms with van der Waals surface area (Å²) in [6, 6.07) is 33.4. The topological polar surface area (TPSA) is 85.1 Å². The van der Waals surface area contributed by atoms with E-state index in [1.54, 1.807) is 6.07 Å². The molecule has 2 aliphatic heterocycles. The monoisotopic (exact) mass is 607 g/mol. The van der Waals surface area contributed by atoms with Gasteiger partial charge in [0.2, 0.25) is 26.6 Å². The van der Waals surface area contributed by atoms with Crippen molar-refractivity contribution >= 4 is 15.7 Å². The highest BCUT2D eigenvalue weighted by Gasteiger charge is 2.35. The van der Waals surface area contributed by atoms with Crippen molar-refractivity contribution in [3.63, 3.8) is 0 Å². The van der Waals surface area contributed by atoms with Crippen LogP contribution >= 0.6 is 0 Å². The minimum absolute atomic E-state index is 0.0812. The lowest BCUT2D eigenvalue weighted by atomic mass is 9.96. The highest BCUT2D eigenvalue weighted by Crippen LogP contribution is 2.39. The summed E-state index contributed by atoms with van der Waals surface area (Å²) in [5, 5.41) is -0.0939. The standard InChI is InChI=1S/C35H33N3O5S/c1-25-10-8-9-15-29(25)33-36-34(44(39,40)28-16-17-30-31(24-28)42-23-22-41-30)35(43-33)38-20-18-37(19-21-38)32(26-11-4-2-5-12-26)27-13-6-3-7-14-27/h2-17,24,32H,18-23H2,1H3. The second kappa shape index (κ2) is 11.8. The average molecular weight is 608 g/mol. The zero-order chi connectivity index (χ0) is 30.1. The Morgan fingerprint density at radius 2 is 1.34 bits per heavy atom. The summed E-state index contributed by atoms with van der Waals surface area (Å²) in [5.74, 6) is 1.47. The molecule has 1 fully saturated rings. The molecule has 7 rings (SSSR count). The van der Waals surface area contributed by atoms with Crippen molar-refractivity contribution in [1.82, 2.24) is 9.88 Å². The number of rotatable bonds is 7. The number of hydrogen-bond donors (Lipinski definition) is 0. The Morgan fingerprint density at radius 1 is 0.727 bits per heavy atom. The lowest BCUT2D eigenvalue weighted by Crippen LogP contribution is -2.48. The van der Waals surface area contributed by atoms with Gasteiger partial charge in [0, 0.05) is 37.8 Å². The van der Waals surface area contributed by atoms with Crippen molar-refractivity contribution in [3.05, 3.63) is 120 Å². The quantitative estimate of drug-likeness (QED) is 0.217. The van der Waals surface area contributed by atoms with Gasteiger partial charge in [0.15, 0.2) is 11.5 Å². The van der Waals surface area contributed by atoms with Crippen LogP contribution in [0.3, 0.4) is 0 Å². The van der Waals surface area contributed by atoms with Crippen LogP contribution in [0.2, 0.25) is 0 Å². The van der Waals surface area contributed by atoms with Gasteiger partial charge >= 0.3 is 0 Å². The third kappa shape index (κ3) is 5.33. The van der Waals surface area contributed by atoms with Gasteiger partial charge < -0.3 is 18.8 Å². The number of piperazine rings is 1. The highest BCUT2D eigenvalue weighted by molar-refractivity contribution is 7.91. The third-order valence-electron chi connectivity index (χ3n) is 8.23. The predicted molar refractivity (Wildman–Crippen MR) is 168 cm³/mol. The smallest absolute Gasteiger partial charge is 0.236 e. The second-order valence-electron chi connectivity index (χ2n) is 11.0. The van der Waals surface area contributed by atoms with Gasteiger partial charge in [-0.25, -0.2) is 8.42 Å². The maximum Gasteiger partial charge on any atom is 0.236 e. The third-order valence-corrected chi connectivity index (χ3v) is 9.88. The average Bonchev–Trinajstić information content (AvgIpc) is 3.53. The second-order valence-corrected chi connectivity index (χ2v) is 12.9. The Hall–Kier alpha value is -4.60. The molecule has 0 atom stereocenters. The minimum Gasteiger partial charge on any atom is -0.486 e. The molecular weight excluding hydrogens is 574 g/mol. The van der Waals surface area contributed by atoms with Crippen LogP contribution in [0.15, 0.2) is 117 Å². The van der Waals surface area contributed by atoms with Gasteiger partial charge in [-0.1, -0.05) is 78.9 Å². The lowest BCUT2D eigenvalue weighted by Gasteiger charge is -2.39. The maximum atomic E-state index is 14.2. The summed E-state index contributed by atoms with van der Waals surface area (Å²) in [6.45, 7) is 5.30. The van der Waals surface area contributed by atoms with E-state index in [0.717, 1.165) is 11.1 Å².